The van der Waals surface area contributed by atoms with Crippen LogP contribution in [0.25, 0.3) is 0 Å². The fourth-order valence-electron chi connectivity index (χ4n) is 5.05. The van der Waals surface area contributed by atoms with E-state index in [1.807, 2.05) is 0 Å². The second-order valence-corrected chi connectivity index (χ2v) is 9.16. The fraction of sp³-hybridized carbons (Fsp3) is 0.917. The molecule has 2 heterocycles. The monoisotopic (exact) mass is 426 g/mol. The van der Waals surface area contributed by atoms with Gasteiger partial charge in [0.05, 0.1) is 6.61 Å². The minimum Gasteiger partial charge on any atom is -0.448 e. The average molecular weight is 427 g/mol. The predicted molar refractivity (Wildman–Crippen MR) is 122 cm³/mol. The number of nitrogens with one attached hydrogen (secondary N) is 1. The van der Waals surface area contributed by atoms with Crippen LogP contribution in [0.3, 0.4) is 0 Å². The van der Waals surface area contributed by atoms with Crippen molar-refractivity contribution in [3.8, 4) is 0 Å². The van der Waals surface area contributed by atoms with Gasteiger partial charge in [0.2, 0.25) is 0 Å². The maximum absolute atomic E-state index is 12.0. The Morgan fingerprint density at radius 2 is 1.77 bits per heavy atom. The lowest BCUT2D eigenvalue weighted by atomic mass is 9.95. The van der Waals surface area contributed by atoms with E-state index in [0.717, 1.165) is 64.7 Å². The molecule has 30 heavy (non-hydrogen) atoms. The first-order valence-corrected chi connectivity index (χ1v) is 12.3. The number of rotatable bonds is 16. The van der Waals surface area contributed by atoms with E-state index in [1.165, 1.54) is 38.5 Å². The van der Waals surface area contributed by atoms with Gasteiger partial charge in [0.15, 0.2) is 0 Å². The Balaban J connectivity index is 0.00000480. The minimum atomic E-state index is -0.276. The highest BCUT2D eigenvalue weighted by Gasteiger charge is 2.49. The number of ether oxygens (including phenoxy) is 2. The van der Waals surface area contributed by atoms with Gasteiger partial charge in [-0.2, -0.15) is 0 Å². The largest absolute Gasteiger partial charge is 0.448 e. The molecule has 0 saturated carbocycles. The molecule has 0 aromatic heterocycles. The molecule has 0 aromatic carbocycles. The smallest absolute Gasteiger partial charge is 0.407 e. The Morgan fingerprint density at radius 3 is 2.47 bits per heavy atom. The zero-order valence-corrected chi connectivity index (χ0v) is 19.4. The van der Waals surface area contributed by atoms with Crippen molar-refractivity contribution in [3.63, 3.8) is 0 Å². The first-order valence-electron chi connectivity index (χ1n) is 12.3. The number of unbranched alkanes of at least 4 members (excludes halogenated alkanes) is 7. The van der Waals surface area contributed by atoms with Crippen molar-refractivity contribution >= 4 is 11.9 Å². The molecule has 176 valence electrons. The van der Waals surface area contributed by atoms with Gasteiger partial charge < -0.3 is 19.6 Å². The van der Waals surface area contributed by atoms with Crippen molar-refractivity contribution in [1.82, 2.24) is 10.2 Å². The van der Waals surface area contributed by atoms with Crippen LogP contribution in [0.1, 0.15) is 98.7 Å². The van der Waals surface area contributed by atoms with Crippen LogP contribution in [0.15, 0.2) is 0 Å². The highest BCUT2D eigenvalue weighted by Crippen LogP contribution is 2.42. The molecule has 0 aliphatic carbocycles. The van der Waals surface area contributed by atoms with E-state index in [4.69, 9.17) is 9.47 Å². The quantitative estimate of drug-likeness (QED) is 0.348. The third-order valence-corrected chi connectivity index (χ3v) is 6.74. The average Bonchev–Trinajstić information content (AvgIpc) is 3.28. The molecule has 0 radical (unpaired) electrons. The zero-order chi connectivity index (χ0) is 21.7. The topological polar surface area (TPSA) is 67.9 Å². The Morgan fingerprint density at radius 1 is 1.07 bits per heavy atom. The molecule has 2 rings (SSSR count). The predicted octanol–water partition coefficient (Wildman–Crippen LogP) is 5.09. The molecule has 2 atom stereocenters. The number of hydrogen-bond donors (Lipinski definition) is 1. The maximum Gasteiger partial charge on any atom is 0.407 e. The van der Waals surface area contributed by atoms with Crippen LogP contribution in [0, 0.1) is 0 Å². The summed E-state index contributed by atoms with van der Waals surface area (Å²) in [5.74, 6) is 0.301. The number of carbonyl (C=O) groups is 2. The van der Waals surface area contributed by atoms with Crippen LogP contribution in [-0.2, 0) is 14.3 Å². The van der Waals surface area contributed by atoms with Crippen molar-refractivity contribution in [2.75, 3.05) is 32.9 Å². The van der Waals surface area contributed by atoms with E-state index in [1.54, 1.807) is 6.92 Å². The van der Waals surface area contributed by atoms with Crippen LogP contribution >= 0.6 is 0 Å². The lowest BCUT2D eigenvalue weighted by Gasteiger charge is -2.34. The molecule has 0 bridgehead atoms. The summed E-state index contributed by atoms with van der Waals surface area (Å²) in [5.41, 5.74) is 0.188. The zero-order valence-electron chi connectivity index (χ0n) is 19.4. The van der Waals surface area contributed by atoms with E-state index in [-0.39, 0.29) is 13.1 Å². The maximum atomic E-state index is 12.0. The lowest BCUT2D eigenvalue weighted by Crippen LogP contribution is -2.47. The van der Waals surface area contributed by atoms with Crippen LogP contribution in [-0.4, -0.2) is 61.3 Å². The molecule has 1 unspecified atom stereocenters. The Kier molecular flexibility index (Phi) is 11.7. The van der Waals surface area contributed by atoms with Crippen LogP contribution in [0.4, 0.5) is 4.79 Å². The number of carbonyl (C=O) groups excluding carboxylic acids is 2. The fourth-order valence-corrected chi connectivity index (χ4v) is 5.05. The molecule has 2 aliphatic rings. The Bertz CT molecular complexity index is 520. The van der Waals surface area contributed by atoms with Crippen LogP contribution in [0.5, 0.6) is 0 Å². The number of hydrogen-bond acceptors (Lipinski definition) is 5. The summed E-state index contributed by atoms with van der Waals surface area (Å²) in [7, 11) is 0. The second kappa shape index (κ2) is 14.0. The molecular weight excluding hydrogens is 380 g/mol. The van der Waals surface area contributed by atoms with Crippen LogP contribution in [0.2, 0.25) is 0 Å². The molecule has 2 saturated heterocycles. The third kappa shape index (κ3) is 8.54. The number of ketones is 1. The third-order valence-electron chi connectivity index (χ3n) is 6.74. The summed E-state index contributed by atoms with van der Waals surface area (Å²) in [6.07, 6.45) is 14.4. The number of nitrogens with zero attached hydrogens (tertiary/aromatic N) is 1. The summed E-state index contributed by atoms with van der Waals surface area (Å²) < 4.78 is 11.3. The van der Waals surface area contributed by atoms with E-state index in [9.17, 15) is 9.59 Å². The standard InChI is InChI=1S/C24H44N2O4.H2/c1-3-29-20-24-15-12-18-26(24)22(14-16-24)19-30-23(28)25-17-11-9-7-5-4-6-8-10-13-21(2)27;/h22H,3-20H2,1-2H3,(H,25,28);1H/t22-,24?;/m1./s1. The number of alkyl carbamates (subject to hydrolysis) is 1. The summed E-state index contributed by atoms with van der Waals surface area (Å²) in [6.45, 7) is 7.57. The van der Waals surface area contributed by atoms with Gasteiger partial charge in [0, 0.05) is 32.6 Å². The first kappa shape index (κ1) is 25.1. The first-order chi connectivity index (χ1) is 14.6. The van der Waals surface area contributed by atoms with Gasteiger partial charge in [-0.1, -0.05) is 38.5 Å². The summed E-state index contributed by atoms with van der Waals surface area (Å²) >= 11 is 0. The van der Waals surface area contributed by atoms with E-state index >= 15 is 0 Å². The molecule has 1 N–H and O–H groups in total. The minimum absolute atomic E-state index is 0. The molecule has 1 amide bonds. The molecule has 0 aromatic rings. The van der Waals surface area contributed by atoms with Gasteiger partial charge in [-0.05, 0) is 58.9 Å². The second-order valence-electron chi connectivity index (χ2n) is 9.16. The lowest BCUT2D eigenvalue weighted by molar-refractivity contribution is -0.117. The number of Topliss-reactive ketones (excluding diaryl/α,β-unsaturated/α-hetero) is 1. The SMILES string of the molecule is CCOCC12CCCN1[C@@H](COC(=O)NCCCCCCCCCCC(C)=O)CC2.[HH]. The van der Waals surface area contributed by atoms with Crippen molar-refractivity contribution in [2.24, 2.45) is 0 Å². The van der Waals surface area contributed by atoms with Gasteiger partial charge in [0.25, 0.3) is 0 Å². The van der Waals surface area contributed by atoms with Gasteiger partial charge >= 0.3 is 6.09 Å². The molecule has 6 heteroatoms. The normalized spacial score (nSPS) is 23.5. The van der Waals surface area contributed by atoms with E-state index < -0.39 is 0 Å². The Hall–Kier alpha value is -1.14. The molecule has 6 nitrogen and oxygen atoms in total. The van der Waals surface area contributed by atoms with Crippen molar-refractivity contribution in [1.29, 1.82) is 0 Å². The van der Waals surface area contributed by atoms with Gasteiger partial charge in [-0.3, -0.25) is 4.90 Å². The summed E-state index contributed by atoms with van der Waals surface area (Å²) in [4.78, 5) is 25.4. The summed E-state index contributed by atoms with van der Waals surface area (Å²) in [6, 6.07) is 0.342. The molecule has 2 aliphatic heterocycles. The van der Waals surface area contributed by atoms with Gasteiger partial charge in [-0.25, -0.2) is 4.79 Å². The summed E-state index contributed by atoms with van der Waals surface area (Å²) in [5, 5.41) is 2.90. The van der Waals surface area contributed by atoms with E-state index in [2.05, 4.69) is 17.1 Å². The van der Waals surface area contributed by atoms with Gasteiger partial charge in [-0.15, -0.1) is 0 Å². The Labute approximate surface area is 184 Å². The number of amides is 1. The van der Waals surface area contributed by atoms with E-state index in [0.29, 0.717) is 25.0 Å². The van der Waals surface area contributed by atoms with Crippen molar-refractivity contribution in [3.05, 3.63) is 0 Å². The molecular formula is C24H46N2O4. The van der Waals surface area contributed by atoms with Crippen molar-refractivity contribution in [2.45, 2.75) is 109 Å². The van der Waals surface area contributed by atoms with Gasteiger partial charge in [0.1, 0.15) is 12.4 Å². The highest BCUT2D eigenvalue weighted by molar-refractivity contribution is 5.75. The van der Waals surface area contributed by atoms with Crippen molar-refractivity contribution < 1.29 is 20.5 Å². The highest BCUT2D eigenvalue weighted by atomic mass is 16.5. The number of fused-ring (bicyclic) bond motifs is 1. The molecule has 2 fully saturated rings. The molecule has 0 spiro atoms. The van der Waals surface area contributed by atoms with Crippen LogP contribution < -0.4 is 5.32 Å².